The molecule has 1 aliphatic heterocycles. The van der Waals surface area contributed by atoms with Crippen molar-refractivity contribution in [2.24, 2.45) is 0 Å². The summed E-state index contributed by atoms with van der Waals surface area (Å²) in [5.41, 5.74) is 0.635. The second-order valence-electron chi connectivity index (χ2n) is 6.21. The third kappa shape index (κ3) is 4.46. The van der Waals surface area contributed by atoms with Crippen LogP contribution in [0.3, 0.4) is 0 Å². The van der Waals surface area contributed by atoms with Gasteiger partial charge in [-0.15, -0.1) is 11.3 Å². The number of nitrogens with zero attached hydrogens (tertiary/aromatic N) is 1. The molecule has 5 nitrogen and oxygen atoms in total. The van der Waals surface area contributed by atoms with Gasteiger partial charge in [0.15, 0.2) is 0 Å². The Morgan fingerprint density at radius 2 is 2.14 bits per heavy atom. The lowest BCUT2D eigenvalue weighted by Gasteiger charge is -2.29. The maximum Gasteiger partial charge on any atom is 0.410 e. The van der Waals surface area contributed by atoms with Gasteiger partial charge in [0.05, 0.1) is 13.0 Å². The molecule has 0 saturated carbocycles. The highest BCUT2D eigenvalue weighted by atomic mass is 32.1. The lowest BCUT2D eigenvalue weighted by atomic mass is 10.1. The molecule has 2 heterocycles. The van der Waals surface area contributed by atoms with Crippen molar-refractivity contribution in [1.29, 1.82) is 0 Å². The van der Waals surface area contributed by atoms with Crippen molar-refractivity contribution in [2.75, 3.05) is 6.54 Å². The van der Waals surface area contributed by atoms with Gasteiger partial charge in [0.25, 0.3) is 0 Å². The fourth-order valence-corrected chi connectivity index (χ4v) is 3.40. The average Bonchev–Trinajstić information content (AvgIpc) is 2.75. The van der Waals surface area contributed by atoms with Crippen LogP contribution >= 0.6 is 11.3 Å². The molecule has 1 amide bonds. The number of ether oxygens (including phenoxy) is 1. The molecular weight excluding hydrogens is 290 g/mol. The van der Waals surface area contributed by atoms with Crippen LogP contribution in [-0.2, 0) is 28.9 Å². The molecule has 0 spiro atoms. The van der Waals surface area contributed by atoms with E-state index in [1.165, 1.54) is 4.88 Å². The smallest absolute Gasteiger partial charge is 0.410 e. The number of carbonyl (C=O) groups is 2. The van der Waals surface area contributed by atoms with Crippen LogP contribution in [0.15, 0.2) is 6.07 Å². The van der Waals surface area contributed by atoms with Crippen LogP contribution in [0.1, 0.15) is 42.5 Å². The van der Waals surface area contributed by atoms with Crippen LogP contribution in [0, 0.1) is 0 Å². The highest BCUT2D eigenvalue weighted by molar-refractivity contribution is 7.12. The van der Waals surface area contributed by atoms with Crippen molar-refractivity contribution in [2.45, 2.75) is 52.2 Å². The number of rotatable bonds is 3. The van der Waals surface area contributed by atoms with Gasteiger partial charge in [-0.05, 0) is 45.2 Å². The molecule has 0 aromatic carbocycles. The third-order valence-electron chi connectivity index (χ3n) is 3.15. The lowest BCUT2D eigenvalue weighted by Crippen LogP contribution is -2.39. The van der Waals surface area contributed by atoms with Crippen molar-refractivity contribution >= 4 is 23.4 Å². The Morgan fingerprint density at radius 3 is 2.76 bits per heavy atom. The van der Waals surface area contributed by atoms with Crippen molar-refractivity contribution < 1.29 is 19.4 Å². The molecule has 116 valence electrons. The van der Waals surface area contributed by atoms with Gasteiger partial charge in [-0.25, -0.2) is 4.79 Å². The van der Waals surface area contributed by atoms with Crippen LogP contribution in [-0.4, -0.2) is 34.2 Å². The zero-order valence-electron chi connectivity index (χ0n) is 12.6. The third-order valence-corrected chi connectivity index (χ3v) is 4.45. The minimum absolute atomic E-state index is 0.148. The summed E-state index contributed by atoms with van der Waals surface area (Å²) in [4.78, 5) is 26.7. The first-order valence-corrected chi connectivity index (χ1v) is 7.86. The molecule has 1 aromatic rings. The fraction of sp³-hybridized carbons (Fsp3) is 0.600. The SMILES string of the molecule is CC(C)(C)OC(=O)N1CCc2sc(CCC(=O)O)cc2C1. The molecule has 1 N–H and O–H groups in total. The van der Waals surface area contributed by atoms with Gasteiger partial charge in [0.2, 0.25) is 0 Å². The van der Waals surface area contributed by atoms with Gasteiger partial charge in [-0.3, -0.25) is 4.79 Å². The Balaban J connectivity index is 2.00. The summed E-state index contributed by atoms with van der Waals surface area (Å²) >= 11 is 1.66. The number of aliphatic carboxylic acids is 1. The molecule has 0 radical (unpaired) electrons. The van der Waals surface area contributed by atoms with Gasteiger partial charge in [0.1, 0.15) is 5.60 Å². The first kappa shape index (κ1) is 15.8. The summed E-state index contributed by atoms with van der Waals surface area (Å²) in [5, 5.41) is 8.74. The minimum Gasteiger partial charge on any atom is -0.481 e. The number of carboxylic acid groups (broad SMARTS) is 1. The van der Waals surface area contributed by atoms with E-state index < -0.39 is 11.6 Å². The molecule has 0 fully saturated rings. The molecule has 2 rings (SSSR count). The van der Waals surface area contributed by atoms with E-state index in [9.17, 15) is 9.59 Å². The molecule has 0 atom stereocenters. The highest BCUT2D eigenvalue weighted by Crippen LogP contribution is 2.29. The predicted molar refractivity (Wildman–Crippen MR) is 80.6 cm³/mol. The quantitative estimate of drug-likeness (QED) is 0.931. The average molecular weight is 311 g/mol. The first-order chi connectivity index (χ1) is 9.74. The van der Waals surface area contributed by atoms with Crippen molar-refractivity contribution in [1.82, 2.24) is 4.90 Å². The molecule has 0 bridgehead atoms. The summed E-state index contributed by atoms with van der Waals surface area (Å²) in [5.74, 6) is -0.781. The summed E-state index contributed by atoms with van der Waals surface area (Å²) in [7, 11) is 0. The predicted octanol–water partition coefficient (Wildman–Crippen LogP) is 3.06. The molecule has 0 unspecified atom stereocenters. The number of hydrogen-bond donors (Lipinski definition) is 1. The first-order valence-electron chi connectivity index (χ1n) is 7.05. The van der Waals surface area contributed by atoms with Crippen LogP contribution in [0.2, 0.25) is 0 Å². The van der Waals surface area contributed by atoms with Gasteiger partial charge >= 0.3 is 12.1 Å². The van der Waals surface area contributed by atoms with Crippen LogP contribution in [0.25, 0.3) is 0 Å². The van der Waals surface area contributed by atoms with Gasteiger partial charge in [0, 0.05) is 16.3 Å². The molecule has 0 saturated heterocycles. The number of thiophene rings is 1. The number of fused-ring (bicyclic) bond motifs is 1. The molecule has 1 aromatic heterocycles. The Morgan fingerprint density at radius 1 is 1.43 bits per heavy atom. The van der Waals surface area contributed by atoms with Crippen LogP contribution in [0.4, 0.5) is 4.79 Å². The molecule has 0 aliphatic carbocycles. The van der Waals surface area contributed by atoms with Gasteiger partial charge in [-0.2, -0.15) is 0 Å². The second-order valence-corrected chi connectivity index (χ2v) is 7.43. The number of carbonyl (C=O) groups excluding carboxylic acids is 1. The fourth-order valence-electron chi connectivity index (χ4n) is 2.23. The van der Waals surface area contributed by atoms with Gasteiger partial charge in [-0.1, -0.05) is 0 Å². The van der Waals surface area contributed by atoms with Crippen molar-refractivity contribution in [3.63, 3.8) is 0 Å². The van der Waals surface area contributed by atoms with E-state index in [4.69, 9.17) is 9.84 Å². The summed E-state index contributed by atoms with van der Waals surface area (Å²) in [6.45, 7) is 6.77. The largest absolute Gasteiger partial charge is 0.481 e. The normalized spacial score (nSPS) is 14.7. The standard InChI is InChI=1S/C15H21NO4S/c1-15(2,3)20-14(19)16-7-6-12-10(9-16)8-11(21-12)4-5-13(17)18/h8H,4-7,9H2,1-3H3,(H,17,18). The van der Waals surface area contributed by atoms with E-state index in [1.807, 2.05) is 26.8 Å². The Kier molecular flexibility index (Phi) is 4.56. The maximum atomic E-state index is 12.1. The summed E-state index contributed by atoms with van der Waals surface area (Å²) < 4.78 is 5.39. The van der Waals surface area contributed by atoms with Crippen molar-refractivity contribution in [3.8, 4) is 0 Å². The number of aryl methyl sites for hydroxylation is 1. The zero-order valence-corrected chi connectivity index (χ0v) is 13.5. The zero-order chi connectivity index (χ0) is 15.6. The maximum absolute atomic E-state index is 12.1. The van der Waals surface area contributed by atoms with Crippen LogP contribution < -0.4 is 0 Å². The molecule has 6 heteroatoms. The van der Waals surface area contributed by atoms with E-state index in [-0.39, 0.29) is 12.5 Å². The molecule has 1 aliphatic rings. The Bertz CT molecular complexity index is 544. The topological polar surface area (TPSA) is 66.8 Å². The Labute approximate surface area is 128 Å². The van der Waals surface area contributed by atoms with E-state index in [0.717, 1.165) is 16.9 Å². The van der Waals surface area contributed by atoms with Gasteiger partial charge < -0.3 is 14.7 Å². The highest BCUT2D eigenvalue weighted by Gasteiger charge is 2.26. The number of amides is 1. The minimum atomic E-state index is -0.781. The Hall–Kier alpha value is -1.56. The summed E-state index contributed by atoms with van der Waals surface area (Å²) in [6.07, 6.45) is 1.23. The second kappa shape index (κ2) is 6.05. The van der Waals surface area contributed by atoms with Crippen molar-refractivity contribution in [3.05, 3.63) is 21.4 Å². The van der Waals surface area contributed by atoms with E-state index in [1.54, 1.807) is 16.2 Å². The molecular formula is C15H21NO4S. The van der Waals surface area contributed by atoms with Crippen LogP contribution in [0.5, 0.6) is 0 Å². The molecule has 21 heavy (non-hydrogen) atoms. The number of carboxylic acids is 1. The van der Waals surface area contributed by atoms with E-state index in [0.29, 0.717) is 19.5 Å². The monoisotopic (exact) mass is 311 g/mol. The van der Waals surface area contributed by atoms with E-state index in [2.05, 4.69) is 0 Å². The summed E-state index contributed by atoms with van der Waals surface area (Å²) in [6, 6.07) is 2.03. The lowest BCUT2D eigenvalue weighted by molar-refractivity contribution is -0.136. The van der Waals surface area contributed by atoms with E-state index >= 15 is 0 Å². The number of hydrogen-bond acceptors (Lipinski definition) is 4.